The summed E-state index contributed by atoms with van der Waals surface area (Å²) in [7, 11) is 0. The number of nitro groups is 1. The Kier molecular flexibility index (Phi) is 6.11. The number of carbonyl (C=O) groups excluding carboxylic acids is 1. The van der Waals surface area contributed by atoms with E-state index in [1.54, 1.807) is 13.0 Å². The van der Waals surface area contributed by atoms with Crippen LogP contribution in [0.4, 0.5) is 24.7 Å². The molecule has 0 spiro atoms. The van der Waals surface area contributed by atoms with Gasteiger partial charge in [0.25, 0.3) is 5.69 Å². The van der Waals surface area contributed by atoms with Crippen LogP contribution >= 0.6 is 11.8 Å². The first kappa shape index (κ1) is 21.4. The smallest absolute Gasteiger partial charge is 0.310 e. The molecule has 0 aliphatic rings. The molecule has 30 heavy (non-hydrogen) atoms. The van der Waals surface area contributed by atoms with Gasteiger partial charge in [0.05, 0.1) is 27.6 Å². The molecule has 3 rings (SSSR count). The van der Waals surface area contributed by atoms with E-state index in [1.165, 1.54) is 41.1 Å². The van der Waals surface area contributed by atoms with E-state index in [9.17, 15) is 28.1 Å². The minimum atomic E-state index is -4.45. The Hall–Kier alpha value is -3.34. The van der Waals surface area contributed by atoms with Gasteiger partial charge >= 0.3 is 6.18 Å². The Labute approximate surface area is 173 Å². The number of nitro benzene ring substituents is 1. The maximum Gasteiger partial charge on any atom is 0.416 e. The summed E-state index contributed by atoms with van der Waals surface area (Å²) >= 11 is 0.975. The summed E-state index contributed by atoms with van der Waals surface area (Å²) in [6.07, 6.45) is -4.45. The summed E-state index contributed by atoms with van der Waals surface area (Å²) in [6, 6.07) is 12.0. The second-order valence-corrected chi connectivity index (χ2v) is 7.27. The van der Waals surface area contributed by atoms with Gasteiger partial charge in [-0.25, -0.2) is 4.68 Å². The molecule has 0 bridgehead atoms. The number of thioether (sulfide) groups is 1. The molecule has 7 nitrogen and oxygen atoms in total. The number of rotatable bonds is 6. The second-order valence-electron chi connectivity index (χ2n) is 6.22. The third-order valence-corrected chi connectivity index (χ3v) is 4.93. The van der Waals surface area contributed by atoms with Gasteiger partial charge in [-0.3, -0.25) is 14.9 Å². The highest BCUT2D eigenvalue weighted by atomic mass is 32.2. The largest absolute Gasteiger partial charge is 0.416 e. The molecule has 11 heteroatoms. The predicted octanol–water partition coefficient (Wildman–Crippen LogP) is 4.84. The molecular weight excluding hydrogens is 421 g/mol. The lowest BCUT2D eigenvalue weighted by molar-refractivity contribution is -0.384. The summed E-state index contributed by atoms with van der Waals surface area (Å²) in [5, 5.41) is 17.7. The lowest BCUT2D eigenvalue weighted by Gasteiger charge is -2.10. The van der Waals surface area contributed by atoms with Gasteiger partial charge in [0.2, 0.25) is 5.91 Å². The van der Waals surface area contributed by atoms with Crippen LogP contribution in [0, 0.1) is 17.0 Å². The van der Waals surface area contributed by atoms with Crippen LogP contribution in [-0.4, -0.2) is 26.4 Å². The molecule has 0 saturated carbocycles. The fourth-order valence-corrected chi connectivity index (χ4v) is 3.35. The minimum absolute atomic E-state index is 0.0781. The number of nitrogens with zero attached hydrogens (tertiary/aromatic N) is 3. The number of aromatic nitrogens is 2. The number of alkyl halides is 3. The van der Waals surface area contributed by atoms with Gasteiger partial charge in [-0.05, 0) is 37.3 Å². The molecule has 2 aromatic carbocycles. The van der Waals surface area contributed by atoms with Crippen molar-refractivity contribution in [2.75, 3.05) is 11.1 Å². The third-order valence-electron chi connectivity index (χ3n) is 3.94. The van der Waals surface area contributed by atoms with Crippen molar-refractivity contribution in [1.82, 2.24) is 9.78 Å². The number of hydrogen-bond acceptors (Lipinski definition) is 5. The van der Waals surface area contributed by atoms with Crippen molar-refractivity contribution >= 4 is 29.2 Å². The number of benzene rings is 2. The van der Waals surface area contributed by atoms with Gasteiger partial charge in [0.1, 0.15) is 5.82 Å². The van der Waals surface area contributed by atoms with E-state index in [-0.39, 0.29) is 11.4 Å². The molecule has 0 fully saturated rings. The SMILES string of the molecule is Cc1cc(NC(=O)CSc2cccc(C(F)(F)F)c2)n(-c2ccc([N+](=O)[O-])cc2)n1. The molecular formula is C19H15F3N4O3S. The first-order chi connectivity index (χ1) is 14.1. The van der Waals surface area contributed by atoms with Crippen molar-refractivity contribution in [1.29, 1.82) is 0 Å². The molecule has 1 amide bonds. The molecule has 0 aliphatic heterocycles. The Morgan fingerprint density at radius 3 is 2.53 bits per heavy atom. The van der Waals surface area contributed by atoms with Crippen molar-refractivity contribution in [3.05, 3.63) is 76.0 Å². The number of amides is 1. The third kappa shape index (κ3) is 5.17. The fraction of sp³-hybridized carbons (Fsp3) is 0.158. The number of hydrogen-bond donors (Lipinski definition) is 1. The first-order valence-electron chi connectivity index (χ1n) is 8.55. The van der Waals surface area contributed by atoms with Crippen LogP contribution in [0.5, 0.6) is 0 Å². The zero-order valence-electron chi connectivity index (χ0n) is 15.5. The number of aryl methyl sites for hydroxylation is 1. The number of carbonyl (C=O) groups is 1. The van der Waals surface area contributed by atoms with E-state index in [0.717, 1.165) is 23.9 Å². The van der Waals surface area contributed by atoms with Crippen LogP contribution in [0.2, 0.25) is 0 Å². The van der Waals surface area contributed by atoms with Crippen molar-refractivity contribution in [3.63, 3.8) is 0 Å². The van der Waals surface area contributed by atoms with Gasteiger partial charge in [0, 0.05) is 23.1 Å². The number of anilines is 1. The van der Waals surface area contributed by atoms with Crippen molar-refractivity contribution < 1.29 is 22.9 Å². The highest BCUT2D eigenvalue weighted by molar-refractivity contribution is 8.00. The van der Waals surface area contributed by atoms with Crippen LogP contribution in [-0.2, 0) is 11.0 Å². The van der Waals surface area contributed by atoms with Crippen molar-refractivity contribution in [2.45, 2.75) is 18.0 Å². The normalized spacial score (nSPS) is 11.3. The average Bonchev–Trinajstić information content (AvgIpc) is 3.06. The van der Waals surface area contributed by atoms with Crippen molar-refractivity contribution in [2.24, 2.45) is 0 Å². The van der Waals surface area contributed by atoms with Gasteiger partial charge in [-0.15, -0.1) is 11.8 Å². The summed E-state index contributed by atoms with van der Waals surface area (Å²) in [5.41, 5.74) is 0.259. The van der Waals surface area contributed by atoms with Gasteiger partial charge < -0.3 is 5.32 Å². The van der Waals surface area contributed by atoms with Crippen LogP contribution in [0.15, 0.2) is 59.5 Å². The molecule has 1 aromatic heterocycles. The van der Waals surface area contributed by atoms with Gasteiger partial charge in [-0.2, -0.15) is 18.3 Å². The van der Waals surface area contributed by atoms with E-state index >= 15 is 0 Å². The average molecular weight is 436 g/mol. The molecule has 0 aliphatic carbocycles. The van der Waals surface area contributed by atoms with Gasteiger partial charge in [0.15, 0.2) is 0 Å². The Balaban J connectivity index is 1.70. The molecule has 0 radical (unpaired) electrons. The molecule has 0 atom stereocenters. The van der Waals surface area contributed by atoms with Crippen LogP contribution in [0.3, 0.4) is 0 Å². The topological polar surface area (TPSA) is 90.1 Å². The molecule has 1 heterocycles. The lowest BCUT2D eigenvalue weighted by Crippen LogP contribution is -2.17. The standard InChI is InChI=1S/C19H15F3N4O3S/c1-12-9-17(25(24-12)14-5-7-15(8-6-14)26(28)29)23-18(27)11-30-16-4-2-3-13(10-16)19(20,21)22/h2-10H,11H2,1H3,(H,23,27). The fourth-order valence-electron chi connectivity index (χ4n) is 2.59. The van der Waals surface area contributed by atoms with Crippen molar-refractivity contribution in [3.8, 4) is 5.69 Å². The number of halogens is 3. The van der Waals surface area contributed by atoms with E-state index in [2.05, 4.69) is 10.4 Å². The van der Waals surface area contributed by atoms with Gasteiger partial charge in [-0.1, -0.05) is 6.07 Å². The zero-order valence-corrected chi connectivity index (χ0v) is 16.3. The summed E-state index contributed by atoms with van der Waals surface area (Å²) in [6.45, 7) is 1.72. The minimum Gasteiger partial charge on any atom is -0.310 e. The lowest BCUT2D eigenvalue weighted by atomic mass is 10.2. The summed E-state index contributed by atoms with van der Waals surface area (Å²) < 4.78 is 39.8. The molecule has 1 N–H and O–H groups in total. The second kappa shape index (κ2) is 8.57. The highest BCUT2D eigenvalue weighted by Gasteiger charge is 2.30. The number of nitrogens with one attached hydrogen (secondary N) is 1. The monoisotopic (exact) mass is 436 g/mol. The number of non-ortho nitro benzene ring substituents is 1. The molecule has 3 aromatic rings. The Morgan fingerprint density at radius 2 is 1.90 bits per heavy atom. The van der Waals surface area contributed by atoms with E-state index < -0.39 is 22.6 Å². The quantitative estimate of drug-likeness (QED) is 0.339. The molecule has 0 saturated heterocycles. The maximum atomic E-state index is 12.8. The summed E-state index contributed by atoms with van der Waals surface area (Å²) in [5.74, 6) is -0.192. The van der Waals surface area contributed by atoms with Crippen LogP contribution in [0.1, 0.15) is 11.3 Å². The van der Waals surface area contributed by atoms with Crippen LogP contribution in [0.25, 0.3) is 5.69 Å². The van der Waals surface area contributed by atoms with Crippen LogP contribution < -0.4 is 5.32 Å². The first-order valence-corrected chi connectivity index (χ1v) is 9.53. The van der Waals surface area contributed by atoms with E-state index in [0.29, 0.717) is 22.1 Å². The zero-order chi connectivity index (χ0) is 21.9. The summed E-state index contributed by atoms with van der Waals surface area (Å²) in [4.78, 5) is 22.9. The molecule has 156 valence electrons. The Morgan fingerprint density at radius 1 is 1.20 bits per heavy atom. The van der Waals surface area contributed by atoms with E-state index in [4.69, 9.17) is 0 Å². The Bertz CT molecular complexity index is 1080. The maximum absolute atomic E-state index is 12.8. The van der Waals surface area contributed by atoms with E-state index in [1.807, 2.05) is 0 Å². The molecule has 0 unspecified atom stereocenters. The highest BCUT2D eigenvalue weighted by Crippen LogP contribution is 2.32. The predicted molar refractivity (Wildman–Crippen MR) is 106 cm³/mol.